The minimum atomic E-state index is 0.195. The van der Waals surface area contributed by atoms with Gasteiger partial charge < -0.3 is 5.01 Å². The molecule has 0 saturated heterocycles. The van der Waals surface area contributed by atoms with Crippen LogP contribution in [-0.4, -0.2) is 6.04 Å². The standard InChI is InChI=1S/C14H24N2/c1-10(2)16(15)13-8-7-12(9-11(13)3)14(4,5)6/h7-10H,15H2,1-6H3. The lowest BCUT2D eigenvalue weighted by Gasteiger charge is -2.27. The summed E-state index contributed by atoms with van der Waals surface area (Å²) in [5.74, 6) is 6.03. The van der Waals surface area contributed by atoms with Crippen molar-refractivity contribution in [1.82, 2.24) is 0 Å². The van der Waals surface area contributed by atoms with Crippen LogP contribution in [0.15, 0.2) is 18.2 Å². The number of rotatable bonds is 2. The fraction of sp³-hybridized carbons (Fsp3) is 0.571. The molecule has 0 atom stereocenters. The lowest BCUT2D eigenvalue weighted by Crippen LogP contribution is -2.38. The molecule has 1 aromatic rings. The van der Waals surface area contributed by atoms with E-state index in [9.17, 15) is 0 Å². The summed E-state index contributed by atoms with van der Waals surface area (Å²) in [5, 5.41) is 1.82. The van der Waals surface area contributed by atoms with E-state index >= 15 is 0 Å². The molecule has 0 aliphatic heterocycles. The Bertz CT molecular complexity index is 361. The number of hydrogen-bond acceptors (Lipinski definition) is 2. The number of hydrazine groups is 1. The molecule has 0 heterocycles. The highest BCUT2D eigenvalue weighted by molar-refractivity contribution is 5.54. The summed E-state index contributed by atoms with van der Waals surface area (Å²) in [6, 6.07) is 6.84. The summed E-state index contributed by atoms with van der Waals surface area (Å²) < 4.78 is 0. The first kappa shape index (κ1) is 13.0. The van der Waals surface area contributed by atoms with Crippen LogP contribution in [0.25, 0.3) is 0 Å². The number of nitrogens with zero attached hydrogens (tertiary/aromatic N) is 1. The molecule has 0 saturated carbocycles. The molecule has 1 rings (SSSR count). The first-order valence-electron chi connectivity index (χ1n) is 5.88. The molecule has 0 aliphatic rings. The molecule has 0 amide bonds. The zero-order chi connectivity index (χ0) is 12.5. The van der Waals surface area contributed by atoms with Crippen LogP contribution >= 0.6 is 0 Å². The Hall–Kier alpha value is -1.02. The monoisotopic (exact) mass is 220 g/mol. The summed E-state index contributed by atoms with van der Waals surface area (Å²) in [7, 11) is 0. The van der Waals surface area contributed by atoms with Gasteiger partial charge in [-0.25, -0.2) is 5.84 Å². The van der Waals surface area contributed by atoms with Crippen molar-refractivity contribution in [2.45, 2.75) is 53.0 Å². The van der Waals surface area contributed by atoms with Crippen LogP contribution in [-0.2, 0) is 5.41 Å². The average molecular weight is 220 g/mol. The van der Waals surface area contributed by atoms with Crippen LogP contribution in [0, 0.1) is 6.92 Å². The molecule has 0 aromatic heterocycles. The van der Waals surface area contributed by atoms with Gasteiger partial charge in [0, 0.05) is 6.04 Å². The average Bonchev–Trinajstić information content (AvgIpc) is 2.15. The largest absolute Gasteiger partial charge is 0.308 e. The van der Waals surface area contributed by atoms with E-state index in [-0.39, 0.29) is 5.41 Å². The molecule has 0 unspecified atom stereocenters. The molecule has 2 nitrogen and oxygen atoms in total. The summed E-state index contributed by atoms with van der Waals surface area (Å²) in [4.78, 5) is 0. The number of aryl methyl sites for hydroxylation is 1. The van der Waals surface area contributed by atoms with Crippen LogP contribution in [0.1, 0.15) is 45.7 Å². The van der Waals surface area contributed by atoms with Crippen molar-refractivity contribution in [1.29, 1.82) is 0 Å². The first-order valence-corrected chi connectivity index (χ1v) is 5.88. The molecule has 0 bridgehead atoms. The Morgan fingerprint density at radius 3 is 2.12 bits per heavy atom. The van der Waals surface area contributed by atoms with Crippen LogP contribution in [0.5, 0.6) is 0 Å². The van der Waals surface area contributed by atoms with Crippen molar-refractivity contribution in [3.8, 4) is 0 Å². The van der Waals surface area contributed by atoms with Gasteiger partial charge in [-0.15, -0.1) is 0 Å². The van der Waals surface area contributed by atoms with E-state index in [2.05, 4.69) is 59.7 Å². The zero-order valence-corrected chi connectivity index (χ0v) is 11.3. The van der Waals surface area contributed by atoms with Gasteiger partial charge in [-0.1, -0.05) is 32.9 Å². The second-order valence-corrected chi connectivity index (χ2v) is 5.75. The van der Waals surface area contributed by atoms with Crippen LogP contribution in [0.4, 0.5) is 5.69 Å². The lowest BCUT2D eigenvalue weighted by molar-refractivity contribution is 0.589. The van der Waals surface area contributed by atoms with Crippen molar-refractivity contribution in [2.24, 2.45) is 5.84 Å². The van der Waals surface area contributed by atoms with Crippen molar-refractivity contribution >= 4 is 5.69 Å². The Morgan fingerprint density at radius 1 is 1.19 bits per heavy atom. The van der Waals surface area contributed by atoms with Crippen LogP contribution in [0.2, 0.25) is 0 Å². The molecule has 2 heteroatoms. The summed E-state index contributed by atoms with van der Waals surface area (Å²) in [5.41, 5.74) is 3.90. The highest BCUT2D eigenvalue weighted by atomic mass is 15.4. The number of anilines is 1. The quantitative estimate of drug-likeness (QED) is 0.611. The minimum Gasteiger partial charge on any atom is -0.308 e. The third-order valence-corrected chi connectivity index (χ3v) is 2.90. The minimum absolute atomic E-state index is 0.195. The topological polar surface area (TPSA) is 29.3 Å². The predicted octanol–water partition coefficient (Wildman–Crippen LogP) is 3.38. The number of nitrogens with two attached hydrogens (primary N) is 1. The summed E-state index contributed by atoms with van der Waals surface area (Å²) >= 11 is 0. The van der Waals surface area contributed by atoms with Crippen molar-refractivity contribution in [2.75, 3.05) is 5.01 Å². The van der Waals surface area contributed by atoms with Gasteiger partial charge in [-0.05, 0) is 43.4 Å². The number of hydrogen-bond donors (Lipinski definition) is 1. The molecule has 0 aliphatic carbocycles. The van der Waals surface area contributed by atoms with E-state index in [1.165, 1.54) is 11.1 Å². The first-order chi connectivity index (χ1) is 7.23. The van der Waals surface area contributed by atoms with E-state index in [0.29, 0.717) is 6.04 Å². The smallest absolute Gasteiger partial charge is 0.0549 e. The van der Waals surface area contributed by atoms with Gasteiger partial charge in [-0.3, -0.25) is 0 Å². The van der Waals surface area contributed by atoms with Crippen molar-refractivity contribution in [3.05, 3.63) is 29.3 Å². The van der Waals surface area contributed by atoms with Gasteiger partial charge in [0.2, 0.25) is 0 Å². The Morgan fingerprint density at radius 2 is 1.75 bits per heavy atom. The van der Waals surface area contributed by atoms with E-state index in [1.807, 2.05) is 5.01 Å². The van der Waals surface area contributed by atoms with E-state index in [1.54, 1.807) is 0 Å². The molecule has 0 radical (unpaired) electrons. The maximum absolute atomic E-state index is 6.03. The van der Waals surface area contributed by atoms with Crippen molar-refractivity contribution < 1.29 is 0 Å². The third-order valence-electron chi connectivity index (χ3n) is 2.90. The maximum atomic E-state index is 6.03. The molecule has 2 N–H and O–H groups in total. The van der Waals surface area contributed by atoms with Gasteiger partial charge in [0.15, 0.2) is 0 Å². The predicted molar refractivity (Wildman–Crippen MR) is 71.7 cm³/mol. The normalized spacial score (nSPS) is 12.0. The molecule has 90 valence electrons. The van der Waals surface area contributed by atoms with E-state index in [4.69, 9.17) is 5.84 Å². The van der Waals surface area contributed by atoms with Gasteiger partial charge >= 0.3 is 0 Å². The van der Waals surface area contributed by atoms with Gasteiger partial charge in [0.1, 0.15) is 0 Å². The highest BCUT2D eigenvalue weighted by Gasteiger charge is 2.16. The van der Waals surface area contributed by atoms with Gasteiger partial charge in [0.25, 0.3) is 0 Å². The second kappa shape index (κ2) is 4.46. The third kappa shape index (κ3) is 2.76. The van der Waals surface area contributed by atoms with Gasteiger partial charge in [-0.2, -0.15) is 0 Å². The Balaban J connectivity index is 3.10. The molecule has 0 spiro atoms. The fourth-order valence-corrected chi connectivity index (χ4v) is 1.69. The SMILES string of the molecule is Cc1cc(C(C)(C)C)ccc1N(N)C(C)C. The molecular formula is C14H24N2. The molecule has 16 heavy (non-hydrogen) atoms. The number of benzene rings is 1. The lowest BCUT2D eigenvalue weighted by atomic mass is 9.86. The maximum Gasteiger partial charge on any atom is 0.0549 e. The second-order valence-electron chi connectivity index (χ2n) is 5.75. The molecular weight excluding hydrogens is 196 g/mol. The summed E-state index contributed by atoms with van der Waals surface area (Å²) in [6.45, 7) is 13.0. The van der Waals surface area contributed by atoms with Crippen molar-refractivity contribution in [3.63, 3.8) is 0 Å². The van der Waals surface area contributed by atoms with Crippen LogP contribution in [0.3, 0.4) is 0 Å². The van der Waals surface area contributed by atoms with Crippen LogP contribution < -0.4 is 10.9 Å². The Labute approximate surface area is 99.4 Å². The van der Waals surface area contributed by atoms with E-state index < -0.39 is 0 Å². The van der Waals surface area contributed by atoms with E-state index in [0.717, 1.165) is 5.69 Å². The fourth-order valence-electron chi connectivity index (χ4n) is 1.69. The van der Waals surface area contributed by atoms with Gasteiger partial charge in [0.05, 0.1) is 5.69 Å². The highest BCUT2D eigenvalue weighted by Crippen LogP contribution is 2.27. The summed E-state index contributed by atoms with van der Waals surface area (Å²) in [6.07, 6.45) is 0. The Kier molecular flexibility index (Phi) is 3.64. The molecule has 0 fully saturated rings. The zero-order valence-electron chi connectivity index (χ0n) is 11.3. The molecule has 1 aromatic carbocycles.